The molecule has 0 radical (unpaired) electrons. The van der Waals surface area contributed by atoms with Gasteiger partial charge in [0.1, 0.15) is 5.75 Å². The number of amides is 1. The van der Waals surface area contributed by atoms with Crippen molar-refractivity contribution < 1.29 is 14.3 Å². The van der Waals surface area contributed by atoms with Crippen LogP contribution in [0.3, 0.4) is 0 Å². The predicted octanol–water partition coefficient (Wildman–Crippen LogP) is 2.20. The second-order valence-corrected chi connectivity index (χ2v) is 7.83. The standard InChI is InChI=1S/C21H30N2O3/c24-21(23-10-13-25-14-11-23)18-5-8-22(9-6-18)16-17-7-12-26-20-4-2-1-3-19(20)15-17/h1-4,17-18H,5-16H2. The van der Waals surface area contributed by atoms with E-state index in [1.807, 2.05) is 4.90 Å². The van der Waals surface area contributed by atoms with E-state index >= 15 is 0 Å². The molecule has 142 valence electrons. The second kappa shape index (κ2) is 8.40. The quantitative estimate of drug-likeness (QED) is 0.831. The number of ether oxygens (including phenoxy) is 2. The minimum atomic E-state index is 0.211. The van der Waals surface area contributed by atoms with Crippen molar-refractivity contribution in [2.24, 2.45) is 11.8 Å². The highest BCUT2D eigenvalue weighted by atomic mass is 16.5. The molecule has 2 fully saturated rings. The molecule has 1 atom stereocenters. The van der Waals surface area contributed by atoms with Crippen LogP contribution in [0.4, 0.5) is 0 Å². The van der Waals surface area contributed by atoms with Gasteiger partial charge in [0.05, 0.1) is 19.8 Å². The van der Waals surface area contributed by atoms with Crippen LogP contribution in [0.2, 0.25) is 0 Å². The van der Waals surface area contributed by atoms with Gasteiger partial charge < -0.3 is 19.3 Å². The van der Waals surface area contributed by atoms with Gasteiger partial charge in [0.15, 0.2) is 0 Å². The Kier molecular flexibility index (Phi) is 5.75. The molecule has 3 heterocycles. The number of nitrogens with zero attached hydrogens (tertiary/aromatic N) is 2. The van der Waals surface area contributed by atoms with Gasteiger partial charge in [0.25, 0.3) is 0 Å². The fourth-order valence-corrected chi connectivity index (χ4v) is 4.49. The summed E-state index contributed by atoms with van der Waals surface area (Å²) in [5.41, 5.74) is 1.34. The van der Waals surface area contributed by atoms with Gasteiger partial charge in [-0.15, -0.1) is 0 Å². The first kappa shape index (κ1) is 17.8. The molecule has 0 bridgehead atoms. The van der Waals surface area contributed by atoms with Crippen molar-refractivity contribution in [3.05, 3.63) is 29.8 Å². The normalized spacial score (nSPS) is 25.2. The molecule has 1 amide bonds. The van der Waals surface area contributed by atoms with E-state index < -0.39 is 0 Å². The minimum Gasteiger partial charge on any atom is -0.493 e. The zero-order valence-electron chi connectivity index (χ0n) is 15.6. The summed E-state index contributed by atoms with van der Waals surface area (Å²) >= 11 is 0. The number of carbonyl (C=O) groups is 1. The van der Waals surface area contributed by atoms with E-state index in [1.54, 1.807) is 0 Å². The number of hydrogen-bond acceptors (Lipinski definition) is 4. The first-order chi connectivity index (χ1) is 12.8. The zero-order valence-corrected chi connectivity index (χ0v) is 15.6. The molecule has 0 N–H and O–H groups in total. The SMILES string of the molecule is O=C(C1CCN(CC2CCOc3ccccc3C2)CC1)N1CCOCC1. The molecule has 4 rings (SSSR count). The lowest BCUT2D eigenvalue weighted by Gasteiger charge is -2.36. The van der Waals surface area contributed by atoms with E-state index in [4.69, 9.17) is 9.47 Å². The smallest absolute Gasteiger partial charge is 0.225 e. The van der Waals surface area contributed by atoms with Crippen LogP contribution in [0, 0.1) is 11.8 Å². The van der Waals surface area contributed by atoms with Gasteiger partial charge in [0.2, 0.25) is 5.91 Å². The van der Waals surface area contributed by atoms with E-state index in [1.165, 1.54) is 5.56 Å². The first-order valence-corrected chi connectivity index (χ1v) is 10.1. The molecule has 0 aliphatic carbocycles. The fraction of sp³-hybridized carbons (Fsp3) is 0.667. The summed E-state index contributed by atoms with van der Waals surface area (Å²) in [6.45, 7) is 6.93. The van der Waals surface area contributed by atoms with Crippen molar-refractivity contribution in [1.82, 2.24) is 9.80 Å². The lowest BCUT2D eigenvalue weighted by atomic mass is 9.92. The summed E-state index contributed by atoms with van der Waals surface area (Å²) in [6.07, 6.45) is 4.20. The van der Waals surface area contributed by atoms with E-state index in [2.05, 4.69) is 29.2 Å². The van der Waals surface area contributed by atoms with Gasteiger partial charge in [-0.25, -0.2) is 0 Å². The Labute approximate surface area is 156 Å². The first-order valence-electron chi connectivity index (χ1n) is 10.1. The highest BCUT2D eigenvalue weighted by molar-refractivity contribution is 5.79. The molecule has 1 aromatic carbocycles. The maximum Gasteiger partial charge on any atom is 0.225 e. The Hall–Kier alpha value is -1.59. The Morgan fingerprint density at radius 1 is 1.00 bits per heavy atom. The third-order valence-electron chi connectivity index (χ3n) is 6.04. The average Bonchev–Trinajstić information content (AvgIpc) is 2.90. The molecular formula is C21H30N2O3. The van der Waals surface area contributed by atoms with Crippen molar-refractivity contribution in [3.63, 3.8) is 0 Å². The van der Waals surface area contributed by atoms with Crippen molar-refractivity contribution in [2.45, 2.75) is 25.7 Å². The molecule has 3 aliphatic rings. The van der Waals surface area contributed by atoms with Crippen molar-refractivity contribution in [3.8, 4) is 5.75 Å². The Bertz CT molecular complexity index is 607. The summed E-state index contributed by atoms with van der Waals surface area (Å²) in [4.78, 5) is 17.2. The molecule has 2 saturated heterocycles. The lowest BCUT2D eigenvalue weighted by Crippen LogP contribution is -2.47. The van der Waals surface area contributed by atoms with Crippen LogP contribution in [0.1, 0.15) is 24.8 Å². The van der Waals surface area contributed by atoms with E-state index in [0.717, 1.165) is 70.8 Å². The number of piperidine rings is 1. The highest BCUT2D eigenvalue weighted by Crippen LogP contribution is 2.28. The van der Waals surface area contributed by atoms with Crippen molar-refractivity contribution in [2.75, 3.05) is 52.5 Å². The maximum atomic E-state index is 12.7. The summed E-state index contributed by atoms with van der Waals surface area (Å²) in [5, 5.41) is 0. The van der Waals surface area contributed by atoms with Crippen LogP contribution >= 0.6 is 0 Å². The number of rotatable bonds is 3. The Morgan fingerprint density at radius 3 is 2.58 bits per heavy atom. The van der Waals surface area contributed by atoms with Crippen LogP contribution in [0.15, 0.2) is 24.3 Å². The molecule has 1 unspecified atom stereocenters. The fourth-order valence-electron chi connectivity index (χ4n) is 4.49. The van der Waals surface area contributed by atoms with E-state index in [9.17, 15) is 4.79 Å². The largest absolute Gasteiger partial charge is 0.493 e. The van der Waals surface area contributed by atoms with Gasteiger partial charge in [-0.1, -0.05) is 18.2 Å². The number of hydrogen-bond donors (Lipinski definition) is 0. The van der Waals surface area contributed by atoms with Crippen LogP contribution in [-0.4, -0.2) is 68.3 Å². The number of morpholine rings is 1. The summed E-state index contributed by atoms with van der Waals surface area (Å²) in [6, 6.07) is 8.43. The summed E-state index contributed by atoms with van der Waals surface area (Å²) in [7, 11) is 0. The van der Waals surface area contributed by atoms with Gasteiger partial charge in [-0.2, -0.15) is 0 Å². The topological polar surface area (TPSA) is 42.0 Å². The summed E-state index contributed by atoms with van der Waals surface area (Å²) < 4.78 is 11.3. The van der Waals surface area contributed by atoms with Crippen LogP contribution < -0.4 is 4.74 Å². The molecule has 0 spiro atoms. The summed E-state index contributed by atoms with van der Waals surface area (Å²) in [5.74, 6) is 2.27. The van der Waals surface area contributed by atoms with Gasteiger partial charge in [-0.05, 0) is 56.3 Å². The average molecular weight is 358 g/mol. The van der Waals surface area contributed by atoms with Gasteiger partial charge in [-0.3, -0.25) is 4.79 Å². The minimum absolute atomic E-state index is 0.211. The number of benzene rings is 1. The van der Waals surface area contributed by atoms with E-state index in [-0.39, 0.29) is 5.92 Å². The Balaban J connectivity index is 1.27. The third-order valence-corrected chi connectivity index (χ3v) is 6.04. The molecule has 3 aliphatic heterocycles. The molecule has 0 aromatic heterocycles. The number of carbonyl (C=O) groups excluding carboxylic acids is 1. The molecule has 5 nitrogen and oxygen atoms in total. The van der Waals surface area contributed by atoms with Gasteiger partial charge >= 0.3 is 0 Å². The number of likely N-dealkylation sites (tertiary alicyclic amines) is 1. The Morgan fingerprint density at radius 2 is 1.77 bits per heavy atom. The van der Waals surface area contributed by atoms with Crippen molar-refractivity contribution >= 4 is 5.91 Å². The van der Waals surface area contributed by atoms with Crippen LogP contribution in [0.5, 0.6) is 5.75 Å². The van der Waals surface area contributed by atoms with Gasteiger partial charge in [0, 0.05) is 25.6 Å². The second-order valence-electron chi connectivity index (χ2n) is 7.83. The molecule has 1 aromatic rings. The van der Waals surface area contributed by atoms with Crippen LogP contribution in [-0.2, 0) is 16.0 Å². The lowest BCUT2D eigenvalue weighted by molar-refractivity contribution is -0.141. The molecule has 26 heavy (non-hydrogen) atoms. The molecule has 0 saturated carbocycles. The molecule has 5 heteroatoms. The number of fused-ring (bicyclic) bond motifs is 1. The monoisotopic (exact) mass is 358 g/mol. The zero-order chi connectivity index (χ0) is 17.8. The molecular weight excluding hydrogens is 328 g/mol. The third kappa shape index (κ3) is 4.21. The van der Waals surface area contributed by atoms with Crippen LogP contribution in [0.25, 0.3) is 0 Å². The number of para-hydroxylation sites is 1. The predicted molar refractivity (Wildman–Crippen MR) is 100 cm³/mol. The maximum absolute atomic E-state index is 12.7. The highest BCUT2D eigenvalue weighted by Gasteiger charge is 2.30. The van der Waals surface area contributed by atoms with E-state index in [0.29, 0.717) is 25.0 Å². The van der Waals surface area contributed by atoms with Crippen molar-refractivity contribution in [1.29, 1.82) is 0 Å².